The highest BCUT2D eigenvalue weighted by Crippen LogP contribution is 2.31. The van der Waals surface area contributed by atoms with Crippen LogP contribution in [0.4, 0.5) is 5.69 Å². The molecule has 4 rings (SSSR count). The minimum Gasteiger partial charge on any atom is -0.342 e. The van der Waals surface area contributed by atoms with Gasteiger partial charge in [0.15, 0.2) is 0 Å². The summed E-state index contributed by atoms with van der Waals surface area (Å²) >= 11 is 0. The lowest BCUT2D eigenvalue weighted by molar-refractivity contribution is -0.136. The lowest BCUT2D eigenvalue weighted by atomic mass is 9.94. The third kappa shape index (κ3) is 4.47. The Labute approximate surface area is 171 Å². The normalized spacial score (nSPS) is 18.0. The Morgan fingerprint density at radius 2 is 1.72 bits per heavy atom. The number of carbonyl (C=O) groups excluding carboxylic acids is 2. The van der Waals surface area contributed by atoms with Crippen LogP contribution in [-0.2, 0) is 4.79 Å². The number of nitrogens with zero attached hydrogens (tertiary/aromatic N) is 3. The van der Waals surface area contributed by atoms with Crippen molar-refractivity contribution in [3.05, 3.63) is 53.6 Å². The first-order valence-corrected chi connectivity index (χ1v) is 10.6. The van der Waals surface area contributed by atoms with Gasteiger partial charge in [0.2, 0.25) is 5.91 Å². The van der Waals surface area contributed by atoms with Crippen LogP contribution in [0.3, 0.4) is 0 Å². The monoisotopic (exact) mass is 392 g/mol. The molecular formula is C23H28N4O2. The zero-order chi connectivity index (χ0) is 20.2. The fourth-order valence-electron chi connectivity index (χ4n) is 4.41. The molecule has 0 unspecified atom stereocenters. The van der Waals surface area contributed by atoms with Gasteiger partial charge in [0.1, 0.15) is 5.82 Å². The Balaban J connectivity index is 1.37. The zero-order valence-electron chi connectivity index (χ0n) is 16.9. The van der Waals surface area contributed by atoms with Crippen molar-refractivity contribution in [3.63, 3.8) is 0 Å². The number of para-hydroxylation sites is 1. The van der Waals surface area contributed by atoms with E-state index in [-0.39, 0.29) is 17.7 Å². The van der Waals surface area contributed by atoms with Gasteiger partial charge in [0.25, 0.3) is 5.91 Å². The molecule has 6 nitrogen and oxygen atoms in total. The quantitative estimate of drug-likeness (QED) is 0.855. The van der Waals surface area contributed by atoms with Crippen molar-refractivity contribution in [2.75, 3.05) is 18.4 Å². The fourth-order valence-corrected chi connectivity index (χ4v) is 4.41. The zero-order valence-corrected chi connectivity index (χ0v) is 16.9. The van der Waals surface area contributed by atoms with Crippen molar-refractivity contribution in [3.8, 4) is 0 Å². The summed E-state index contributed by atoms with van der Waals surface area (Å²) < 4.78 is 0. The average molecular weight is 393 g/mol. The Hall–Kier alpha value is -2.76. The van der Waals surface area contributed by atoms with Gasteiger partial charge >= 0.3 is 0 Å². The van der Waals surface area contributed by atoms with Crippen molar-refractivity contribution >= 4 is 17.5 Å². The summed E-state index contributed by atoms with van der Waals surface area (Å²) in [5, 5.41) is 2.88. The van der Waals surface area contributed by atoms with E-state index >= 15 is 0 Å². The molecule has 2 heterocycles. The summed E-state index contributed by atoms with van der Waals surface area (Å²) in [5.41, 5.74) is 1.93. The predicted molar refractivity (Wildman–Crippen MR) is 112 cm³/mol. The number of nitrogens with one attached hydrogen (secondary N) is 1. The van der Waals surface area contributed by atoms with Gasteiger partial charge in [-0.3, -0.25) is 9.59 Å². The van der Waals surface area contributed by atoms with E-state index in [1.807, 2.05) is 42.2 Å². The molecule has 1 aliphatic heterocycles. The van der Waals surface area contributed by atoms with Gasteiger partial charge in [-0.25, -0.2) is 9.97 Å². The van der Waals surface area contributed by atoms with Crippen LogP contribution in [-0.4, -0.2) is 39.8 Å². The number of aromatic nitrogens is 2. The number of hydrogen-bond acceptors (Lipinski definition) is 4. The molecule has 0 bridgehead atoms. The second-order valence-corrected chi connectivity index (χ2v) is 8.13. The molecule has 1 aromatic heterocycles. The summed E-state index contributed by atoms with van der Waals surface area (Å²) in [6.07, 6.45) is 7.86. The molecule has 2 fully saturated rings. The first-order valence-electron chi connectivity index (χ1n) is 10.6. The highest BCUT2D eigenvalue weighted by molar-refractivity contribution is 6.04. The van der Waals surface area contributed by atoms with Crippen LogP contribution in [0.2, 0.25) is 0 Å². The number of hydrogen-bond donors (Lipinski definition) is 1. The molecule has 29 heavy (non-hydrogen) atoms. The largest absolute Gasteiger partial charge is 0.342 e. The van der Waals surface area contributed by atoms with E-state index in [0.29, 0.717) is 17.2 Å². The van der Waals surface area contributed by atoms with Crippen LogP contribution < -0.4 is 5.32 Å². The van der Waals surface area contributed by atoms with Gasteiger partial charge in [-0.05, 0) is 44.7 Å². The smallest absolute Gasteiger partial charge is 0.259 e. The Kier molecular flexibility index (Phi) is 5.88. The van der Waals surface area contributed by atoms with E-state index in [2.05, 4.69) is 15.3 Å². The lowest BCUT2D eigenvalue weighted by Crippen LogP contribution is -2.41. The van der Waals surface area contributed by atoms with Crippen molar-refractivity contribution in [2.24, 2.45) is 5.92 Å². The predicted octanol–water partition coefficient (Wildman–Crippen LogP) is 3.93. The van der Waals surface area contributed by atoms with Crippen molar-refractivity contribution in [2.45, 2.75) is 51.4 Å². The van der Waals surface area contributed by atoms with E-state index in [1.54, 1.807) is 6.20 Å². The molecule has 152 valence electrons. The Morgan fingerprint density at radius 3 is 2.38 bits per heavy atom. The first kappa shape index (κ1) is 19.6. The van der Waals surface area contributed by atoms with Crippen LogP contribution in [0.25, 0.3) is 0 Å². The molecule has 0 radical (unpaired) electrons. The maximum atomic E-state index is 12.6. The van der Waals surface area contributed by atoms with Crippen molar-refractivity contribution in [1.29, 1.82) is 0 Å². The molecule has 1 saturated carbocycles. The van der Waals surface area contributed by atoms with Crippen LogP contribution in [0.1, 0.15) is 66.3 Å². The SMILES string of the molecule is Cc1nc(C2CCN(C(=O)C3CCCC3)CC2)ncc1C(=O)Nc1ccccc1. The van der Waals surface area contributed by atoms with Crippen LogP contribution in [0, 0.1) is 12.8 Å². The Morgan fingerprint density at radius 1 is 1.03 bits per heavy atom. The minimum atomic E-state index is -0.197. The van der Waals surface area contributed by atoms with E-state index in [0.717, 1.165) is 50.3 Å². The molecule has 1 saturated heterocycles. The van der Waals surface area contributed by atoms with Gasteiger partial charge < -0.3 is 10.2 Å². The molecule has 0 atom stereocenters. The van der Waals surface area contributed by atoms with Gasteiger partial charge in [0, 0.05) is 36.8 Å². The molecule has 1 N–H and O–H groups in total. The standard InChI is InChI=1S/C23H28N4O2/c1-16-20(22(28)26-19-9-3-2-4-10-19)15-24-21(25-16)17-11-13-27(14-12-17)23(29)18-7-5-6-8-18/h2-4,9-10,15,17-18H,5-8,11-14H2,1H3,(H,26,28). The van der Waals surface area contributed by atoms with Gasteiger partial charge in [-0.1, -0.05) is 31.0 Å². The lowest BCUT2D eigenvalue weighted by Gasteiger charge is -2.33. The topological polar surface area (TPSA) is 75.2 Å². The van der Waals surface area contributed by atoms with E-state index in [4.69, 9.17) is 0 Å². The molecule has 1 aliphatic carbocycles. The molecule has 2 aliphatic rings. The molecule has 2 aromatic rings. The molecule has 2 amide bonds. The maximum absolute atomic E-state index is 12.6. The van der Waals surface area contributed by atoms with Gasteiger partial charge in [0.05, 0.1) is 11.3 Å². The second kappa shape index (κ2) is 8.72. The number of piperidine rings is 1. The average Bonchev–Trinajstić information content (AvgIpc) is 3.29. The Bertz CT molecular complexity index is 870. The molecule has 6 heteroatoms. The minimum absolute atomic E-state index is 0.197. The van der Waals surface area contributed by atoms with Crippen molar-refractivity contribution < 1.29 is 9.59 Å². The molecular weight excluding hydrogens is 364 g/mol. The third-order valence-corrected chi connectivity index (χ3v) is 6.15. The van der Waals surface area contributed by atoms with E-state index < -0.39 is 0 Å². The molecule has 0 spiro atoms. The fraction of sp³-hybridized carbons (Fsp3) is 0.478. The molecule has 1 aromatic carbocycles. The van der Waals surface area contributed by atoms with E-state index in [1.165, 1.54) is 12.8 Å². The number of likely N-dealkylation sites (tertiary alicyclic amines) is 1. The number of aryl methyl sites for hydroxylation is 1. The van der Waals surface area contributed by atoms with Gasteiger partial charge in [-0.15, -0.1) is 0 Å². The number of anilines is 1. The first-order chi connectivity index (χ1) is 14.1. The summed E-state index contributed by atoms with van der Waals surface area (Å²) in [5.74, 6) is 1.41. The summed E-state index contributed by atoms with van der Waals surface area (Å²) in [6, 6.07) is 9.37. The van der Waals surface area contributed by atoms with Crippen LogP contribution in [0.5, 0.6) is 0 Å². The highest BCUT2D eigenvalue weighted by atomic mass is 16.2. The maximum Gasteiger partial charge on any atom is 0.259 e. The summed E-state index contributed by atoms with van der Waals surface area (Å²) in [4.78, 5) is 36.3. The number of carbonyl (C=O) groups is 2. The summed E-state index contributed by atoms with van der Waals surface area (Å²) in [6.45, 7) is 3.40. The number of rotatable bonds is 4. The number of benzene rings is 1. The third-order valence-electron chi connectivity index (χ3n) is 6.15. The van der Waals surface area contributed by atoms with E-state index in [9.17, 15) is 9.59 Å². The van der Waals surface area contributed by atoms with Gasteiger partial charge in [-0.2, -0.15) is 0 Å². The van der Waals surface area contributed by atoms with Crippen LogP contribution >= 0.6 is 0 Å². The highest BCUT2D eigenvalue weighted by Gasteiger charge is 2.31. The number of amides is 2. The van der Waals surface area contributed by atoms with Crippen LogP contribution in [0.15, 0.2) is 36.5 Å². The van der Waals surface area contributed by atoms with Crippen molar-refractivity contribution in [1.82, 2.24) is 14.9 Å². The second-order valence-electron chi connectivity index (χ2n) is 8.13. The summed E-state index contributed by atoms with van der Waals surface area (Å²) in [7, 11) is 0.